The highest BCUT2D eigenvalue weighted by molar-refractivity contribution is 7.13. The van der Waals surface area contributed by atoms with Crippen LogP contribution in [-0.2, 0) is 16.0 Å². The average Bonchev–Trinajstić information content (AvgIpc) is 3.16. The number of esters is 1. The molecule has 0 aliphatic heterocycles. The van der Waals surface area contributed by atoms with Crippen LogP contribution in [0.1, 0.15) is 35.8 Å². The Kier molecular flexibility index (Phi) is 7.29. The first kappa shape index (κ1) is 20.5. The summed E-state index contributed by atoms with van der Waals surface area (Å²) in [4.78, 5) is 32.8. The van der Waals surface area contributed by atoms with Gasteiger partial charge in [0.2, 0.25) is 5.91 Å². The number of carbonyl (C=O) groups is 2. The van der Waals surface area contributed by atoms with Gasteiger partial charge in [0.1, 0.15) is 5.82 Å². The van der Waals surface area contributed by atoms with Crippen LogP contribution in [0.5, 0.6) is 0 Å². The van der Waals surface area contributed by atoms with Crippen LogP contribution in [0.25, 0.3) is 0 Å². The van der Waals surface area contributed by atoms with Gasteiger partial charge in [-0.15, -0.1) is 11.3 Å². The fourth-order valence-electron chi connectivity index (χ4n) is 2.44. The third-order valence-electron chi connectivity index (χ3n) is 3.93. The molecule has 3 aromatic rings. The highest BCUT2D eigenvalue weighted by Crippen LogP contribution is 2.20. The topological polar surface area (TPSA) is 93.2 Å². The Morgan fingerprint density at radius 3 is 2.69 bits per heavy atom. The number of aromatic nitrogens is 2. The van der Waals surface area contributed by atoms with Crippen molar-refractivity contribution in [2.24, 2.45) is 0 Å². The molecule has 150 valence electrons. The van der Waals surface area contributed by atoms with Crippen molar-refractivity contribution in [3.05, 3.63) is 65.3 Å². The number of amides is 1. The minimum atomic E-state index is -0.355. The van der Waals surface area contributed by atoms with Crippen LogP contribution in [0, 0.1) is 0 Å². The number of hydrogen-bond donors (Lipinski definition) is 2. The van der Waals surface area contributed by atoms with Crippen molar-refractivity contribution in [1.82, 2.24) is 9.97 Å². The molecule has 0 radical (unpaired) electrons. The molecule has 0 aliphatic rings. The predicted octanol–water partition coefficient (Wildman–Crippen LogP) is 4.42. The summed E-state index contributed by atoms with van der Waals surface area (Å²) in [6.07, 6.45) is 3.66. The molecule has 3 rings (SSSR count). The third kappa shape index (κ3) is 6.39. The van der Waals surface area contributed by atoms with Crippen LogP contribution < -0.4 is 10.6 Å². The van der Waals surface area contributed by atoms with Gasteiger partial charge in [-0.3, -0.25) is 4.79 Å². The number of nitrogens with one attached hydrogen (secondary N) is 2. The van der Waals surface area contributed by atoms with Gasteiger partial charge in [-0.2, -0.15) is 0 Å². The highest BCUT2D eigenvalue weighted by atomic mass is 32.1. The first-order valence-corrected chi connectivity index (χ1v) is 10.2. The lowest BCUT2D eigenvalue weighted by atomic mass is 10.2. The Balaban J connectivity index is 1.50. The first-order valence-electron chi connectivity index (χ1n) is 9.33. The fourth-order valence-corrected chi connectivity index (χ4v) is 3.16. The number of carbonyl (C=O) groups excluding carboxylic acids is 2. The number of nitrogens with zero attached hydrogens (tertiary/aromatic N) is 2. The number of benzene rings is 1. The van der Waals surface area contributed by atoms with Gasteiger partial charge in [-0.1, -0.05) is 19.4 Å². The largest absolute Gasteiger partial charge is 0.462 e. The summed E-state index contributed by atoms with van der Waals surface area (Å²) in [5.74, 6) is 0.163. The van der Waals surface area contributed by atoms with Crippen LogP contribution in [-0.4, -0.2) is 28.5 Å². The van der Waals surface area contributed by atoms with Gasteiger partial charge in [0, 0.05) is 17.3 Å². The van der Waals surface area contributed by atoms with Gasteiger partial charge < -0.3 is 15.4 Å². The Hall–Kier alpha value is -3.26. The zero-order chi connectivity index (χ0) is 20.5. The highest BCUT2D eigenvalue weighted by Gasteiger charge is 2.10. The summed E-state index contributed by atoms with van der Waals surface area (Å²) in [5, 5.41) is 8.42. The van der Waals surface area contributed by atoms with E-state index in [-0.39, 0.29) is 18.3 Å². The van der Waals surface area contributed by atoms with Crippen molar-refractivity contribution in [3.63, 3.8) is 0 Å². The molecule has 0 spiro atoms. The van der Waals surface area contributed by atoms with Crippen LogP contribution in [0.15, 0.2) is 54.0 Å². The van der Waals surface area contributed by atoms with E-state index in [4.69, 9.17) is 4.74 Å². The first-order chi connectivity index (χ1) is 14.1. The number of hydrogen-bond acceptors (Lipinski definition) is 7. The number of pyridine rings is 1. The Morgan fingerprint density at radius 2 is 1.97 bits per heavy atom. The molecule has 1 aromatic carbocycles. The molecule has 0 atom stereocenters. The second kappa shape index (κ2) is 10.3. The molecular formula is C21H22N4O3S. The van der Waals surface area contributed by atoms with E-state index < -0.39 is 0 Å². The maximum atomic E-state index is 12.3. The zero-order valence-electron chi connectivity index (χ0n) is 16.1. The van der Waals surface area contributed by atoms with Gasteiger partial charge in [0.05, 0.1) is 24.3 Å². The van der Waals surface area contributed by atoms with Crippen molar-refractivity contribution in [1.29, 1.82) is 0 Å². The summed E-state index contributed by atoms with van der Waals surface area (Å²) in [6, 6.07) is 12.2. The molecule has 0 aliphatic carbocycles. The van der Waals surface area contributed by atoms with Crippen molar-refractivity contribution >= 4 is 39.9 Å². The SMILES string of the molecule is CCCCOC(=O)c1ccc(NC(=O)Cc2csc(Nc3ccccn3)n2)cc1. The molecule has 2 N–H and O–H groups in total. The summed E-state index contributed by atoms with van der Waals surface area (Å²) in [5.41, 5.74) is 1.74. The molecule has 0 saturated carbocycles. The summed E-state index contributed by atoms with van der Waals surface area (Å²) in [6.45, 7) is 2.45. The maximum absolute atomic E-state index is 12.3. The van der Waals surface area contributed by atoms with Crippen molar-refractivity contribution in [2.45, 2.75) is 26.2 Å². The molecule has 8 heteroatoms. The van der Waals surface area contributed by atoms with Crippen molar-refractivity contribution in [2.75, 3.05) is 17.2 Å². The normalized spacial score (nSPS) is 10.4. The van der Waals surface area contributed by atoms with Gasteiger partial charge in [-0.25, -0.2) is 14.8 Å². The Bertz CT molecular complexity index is 942. The minimum absolute atomic E-state index is 0.154. The van der Waals surface area contributed by atoms with E-state index in [2.05, 4.69) is 20.6 Å². The zero-order valence-corrected chi connectivity index (χ0v) is 16.9. The maximum Gasteiger partial charge on any atom is 0.338 e. The van der Waals surface area contributed by atoms with Crippen LogP contribution in [0.4, 0.5) is 16.6 Å². The predicted molar refractivity (Wildman–Crippen MR) is 114 cm³/mol. The van der Waals surface area contributed by atoms with Gasteiger partial charge in [0.25, 0.3) is 0 Å². The number of thiazole rings is 1. The lowest BCUT2D eigenvalue weighted by Crippen LogP contribution is -2.15. The molecule has 0 saturated heterocycles. The van der Waals surface area contributed by atoms with Crippen LogP contribution in [0.2, 0.25) is 0 Å². The molecular weight excluding hydrogens is 388 g/mol. The van der Waals surface area contributed by atoms with Gasteiger partial charge in [-0.05, 0) is 42.8 Å². The Labute approximate surface area is 173 Å². The summed E-state index contributed by atoms with van der Waals surface area (Å²) < 4.78 is 5.17. The number of unbranched alkanes of at least 4 members (excludes halogenated alkanes) is 1. The van der Waals surface area contributed by atoms with Crippen LogP contribution in [0.3, 0.4) is 0 Å². The van der Waals surface area contributed by atoms with Crippen molar-refractivity contribution in [3.8, 4) is 0 Å². The quantitative estimate of drug-likeness (QED) is 0.401. The van der Waals surface area contributed by atoms with Gasteiger partial charge >= 0.3 is 5.97 Å². The molecule has 7 nitrogen and oxygen atoms in total. The third-order valence-corrected chi connectivity index (χ3v) is 4.74. The second-order valence-electron chi connectivity index (χ2n) is 6.28. The second-order valence-corrected chi connectivity index (χ2v) is 7.13. The molecule has 0 fully saturated rings. The fraction of sp³-hybridized carbons (Fsp3) is 0.238. The molecule has 0 unspecified atom stereocenters. The molecule has 2 heterocycles. The summed E-state index contributed by atoms with van der Waals surface area (Å²) >= 11 is 1.41. The Morgan fingerprint density at radius 1 is 1.14 bits per heavy atom. The minimum Gasteiger partial charge on any atom is -0.462 e. The van der Waals surface area contributed by atoms with E-state index in [0.717, 1.165) is 12.8 Å². The smallest absolute Gasteiger partial charge is 0.338 e. The monoisotopic (exact) mass is 410 g/mol. The van der Waals surface area contributed by atoms with Gasteiger partial charge in [0.15, 0.2) is 5.13 Å². The standard InChI is InChI=1S/C21H22N4O3S/c1-2-3-12-28-20(27)15-7-9-16(10-8-15)23-19(26)13-17-14-29-21(24-17)25-18-6-4-5-11-22-18/h4-11,14H,2-3,12-13H2,1H3,(H,23,26)(H,22,24,25). The van der Waals surface area contributed by atoms with E-state index >= 15 is 0 Å². The number of ether oxygens (including phenoxy) is 1. The lowest BCUT2D eigenvalue weighted by molar-refractivity contribution is -0.115. The summed E-state index contributed by atoms with van der Waals surface area (Å²) in [7, 11) is 0. The van der Waals surface area contributed by atoms with E-state index in [1.165, 1.54) is 11.3 Å². The lowest BCUT2D eigenvalue weighted by Gasteiger charge is -2.06. The van der Waals surface area contributed by atoms with E-state index in [0.29, 0.717) is 34.5 Å². The van der Waals surface area contributed by atoms with E-state index in [9.17, 15) is 9.59 Å². The molecule has 29 heavy (non-hydrogen) atoms. The average molecular weight is 410 g/mol. The number of anilines is 3. The van der Waals surface area contributed by atoms with E-state index in [1.54, 1.807) is 30.5 Å². The molecule has 1 amide bonds. The van der Waals surface area contributed by atoms with E-state index in [1.807, 2.05) is 30.5 Å². The van der Waals surface area contributed by atoms with Crippen LogP contribution >= 0.6 is 11.3 Å². The molecule has 2 aromatic heterocycles. The molecule has 0 bridgehead atoms. The van der Waals surface area contributed by atoms with Crippen molar-refractivity contribution < 1.29 is 14.3 Å². The number of rotatable bonds is 9.